The minimum atomic E-state index is -4.53. The Balaban J connectivity index is 0.00000180. The molecule has 1 atom stereocenters. The zero-order valence-corrected chi connectivity index (χ0v) is 19.4. The molecule has 1 aromatic heterocycles. The smallest absolute Gasteiger partial charge is 0.420 e. The molecule has 1 aliphatic heterocycles. The summed E-state index contributed by atoms with van der Waals surface area (Å²) in [6.07, 6.45) is -2.00. The molecule has 2 heterocycles. The summed E-state index contributed by atoms with van der Waals surface area (Å²) in [6, 6.07) is 0.0616. The zero-order chi connectivity index (χ0) is 13.2. The summed E-state index contributed by atoms with van der Waals surface area (Å²) >= 11 is 5.50. The molecule has 1 N–H and O–H groups in total. The number of rotatable bonds is 2. The fourth-order valence-corrected chi connectivity index (χ4v) is 1.95. The second-order valence-corrected chi connectivity index (χ2v) is 4.37. The third kappa shape index (κ3) is 6.03. The van der Waals surface area contributed by atoms with Gasteiger partial charge in [0, 0.05) is 74.5 Å². The average molecular weight is 756 g/mol. The van der Waals surface area contributed by atoms with Gasteiger partial charge in [0.15, 0.2) is 0 Å². The molecule has 108 valence electrons. The maximum absolute atomic E-state index is 12.4. The van der Waals surface area contributed by atoms with Crippen LogP contribution < -0.4 is 5.32 Å². The molecule has 20 heavy (non-hydrogen) atoms. The molecule has 1 aliphatic rings. The van der Waals surface area contributed by atoms with E-state index in [-0.39, 0.29) is 74.2 Å². The van der Waals surface area contributed by atoms with E-state index in [9.17, 15) is 13.2 Å². The van der Waals surface area contributed by atoms with Crippen molar-refractivity contribution in [2.24, 2.45) is 0 Å². The van der Waals surface area contributed by atoms with Crippen molar-refractivity contribution in [2.75, 3.05) is 18.4 Å². The Kier molecular flexibility index (Phi) is 9.70. The van der Waals surface area contributed by atoms with Crippen LogP contribution in [-0.4, -0.2) is 29.1 Å². The van der Waals surface area contributed by atoms with Crippen molar-refractivity contribution in [3.8, 4) is 0 Å². The summed E-state index contributed by atoms with van der Waals surface area (Å²) < 4.78 is 37.3. The van der Waals surface area contributed by atoms with Crippen LogP contribution in [-0.2, 0) is 6.18 Å². The first-order valence-corrected chi connectivity index (χ1v) is 5.84. The second-order valence-electron chi connectivity index (χ2n) is 4.01. The van der Waals surface area contributed by atoms with Gasteiger partial charge in [-0.05, 0) is 6.42 Å². The topological polar surface area (TPSA) is 51.9 Å². The van der Waals surface area contributed by atoms with Crippen LogP contribution >= 0.6 is 11.6 Å². The van der Waals surface area contributed by atoms with E-state index in [1.165, 1.54) is 0 Å². The summed E-state index contributed by atoms with van der Waals surface area (Å²) in [7, 11) is 0. The molecule has 1 saturated heterocycles. The number of piperidine rings is 1. The van der Waals surface area contributed by atoms with Gasteiger partial charge in [0.2, 0.25) is 5.95 Å². The first kappa shape index (κ1) is 21.0. The molecule has 4 nitrogen and oxygen atoms in total. The monoisotopic (exact) mass is 755 g/mol. The predicted octanol–water partition coefficient (Wildman–Crippen LogP) is 3.10. The number of nitrogens with zero attached hydrogens (tertiary/aromatic N) is 3. The quantitative estimate of drug-likeness (QED) is 0.473. The average Bonchev–Trinajstić information content (AvgIpc) is 2.28. The molecule has 0 unspecified atom stereocenters. The minimum Gasteiger partial charge on any atom is -0.661 e. The first-order chi connectivity index (χ1) is 8.47. The van der Waals surface area contributed by atoms with Crippen LogP contribution in [0.1, 0.15) is 18.4 Å². The van der Waals surface area contributed by atoms with Gasteiger partial charge in [-0.25, -0.2) is 9.97 Å². The van der Waals surface area contributed by atoms with Gasteiger partial charge in [0.05, 0.1) is 0 Å². The van der Waals surface area contributed by atoms with Crippen molar-refractivity contribution in [3.05, 3.63) is 22.2 Å². The van der Waals surface area contributed by atoms with E-state index >= 15 is 0 Å². The number of alkyl halides is 3. The van der Waals surface area contributed by atoms with E-state index < -0.39 is 16.9 Å². The largest absolute Gasteiger partial charge is 0.661 e. The molecule has 0 aliphatic carbocycles. The number of aromatic nitrogens is 2. The Hall–Kier alpha value is 1.02. The molecule has 1 fully saturated rings. The van der Waals surface area contributed by atoms with Crippen molar-refractivity contribution < 1.29 is 75.4 Å². The van der Waals surface area contributed by atoms with Crippen molar-refractivity contribution in [2.45, 2.75) is 25.1 Å². The molecule has 0 spiro atoms. The Morgan fingerprint density at radius 1 is 1.35 bits per heavy atom. The van der Waals surface area contributed by atoms with Crippen LogP contribution in [0, 0.1) is 62.2 Å². The number of nitrogens with one attached hydrogen (secondary N) is 1. The van der Waals surface area contributed by atoms with Gasteiger partial charge in [-0.1, -0.05) is 18.0 Å². The van der Waals surface area contributed by atoms with Gasteiger partial charge in [-0.3, -0.25) is 0 Å². The first-order valence-electron chi connectivity index (χ1n) is 5.46. The van der Waals surface area contributed by atoms with Gasteiger partial charge in [-0.2, -0.15) is 13.2 Å². The van der Waals surface area contributed by atoms with Crippen LogP contribution in [0.3, 0.4) is 0 Å². The number of hydrogen-bond donors (Lipinski definition) is 1. The van der Waals surface area contributed by atoms with E-state index in [1.54, 1.807) is 0 Å². The molecule has 0 saturated carbocycles. The Morgan fingerprint density at radius 2 is 2.05 bits per heavy atom. The van der Waals surface area contributed by atoms with Crippen molar-refractivity contribution in [3.63, 3.8) is 0 Å². The summed E-state index contributed by atoms with van der Waals surface area (Å²) in [5, 5.41) is 6.55. The molecule has 10 heteroatoms. The van der Waals surface area contributed by atoms with Crippen molar-refractivity contribution in [1.29, 1.82) is 0 Å². The van der Waals surface area contributed by atoms with Crippen molar-refractivity contribution in [1.82, 2.24) is 9.97 Å². The Bertz CT molecular complexity index is 427. The standard InChI is InChI=1S/C10H11ClF3N4.2U/c11-8-7(10(12,13)14)5-16-9(18-8)17-6-2-1-3-15-4-6;;/h5-6H,1-4H2,(H,16,17,18);;/q-1;;/t6-;;/m0../s1. The van der Waals surface area contributed by atoms with Gasteiger partial charge in [0.25, 0.3) is 0 Å². The van der Waals surface area contributed by atoms with Crippen LogP contribution in [0.5, 0.6) is 0 Å². The number of halogens is 4. The summed E-state index contributed by atoms with van der Waals surface area (Å²) in [5.74, 6) is 0.107. The Morgan fingerprint density at radius 3 is 2.55 bits per heavy atom. The van der Waals surface area contributed by atoms with Gasteiger partial charge in [0.1, 0.15) is 10.7 Å². The molecular weight excluding hydrogens is 745 g/mol. The Labute approximate surface area is 167 Å². The fourth-order valence-electron chi connectivity index (χ4n) is 1.71. The predicted molar refractivity (Wildman–Crippen MR) is 61.8 cm³/mol. The molecular formula is C10H11ClF3N4U2-. The summed E-state index contributed by atoms with van der Waals surface area (Å²) in [4.78, 5) is 7.25. The van der Waals surface area contributed by atoms with Crippen LogP contribution in [0.15, 0.2) is 6.20 Å². The van der Waals surface area contributed by atoms with Crippen molar-refractivity contribution >= 4 is 17.5 Å². The minimum absolute atomic E-state index is 0. The second kappa shape index (κ2) is 9.23. The summed E-state index contributed by atoms with van der Waals surface area (Å²) in [5.41, 5.74) is -1.02. The number of anilines is 1. The maximum atomic E-state index is 12.4. The van der Waals surface area contributed by atoms with E-state index in [0.29, 0.717) is 12.7 Å². The van der Waals surface area contributed by atoms with Gasteiger partial charge < -0.3 is 10.6 Å². The third-order valence-corrected chi connectivity index (χ3v) is 2.89. The molecule has 1 aromatic rings. The van der Waals surface area contributed by atoms with Gasteiger partial charge >= 0.3 is 6.18 Å². The molecule has 0 radical (unpaired) electrons. The summed E-state index contributed by atoms with van der Waals surface area (Å²) in [6.45, 7) is 1.44. The van der Waals surface area contributed by atoms with E-state index in [4.69, 9.17) is 11.6 Å². The van der Waals surface area contributed by atoms with Crippen LogP contribution in [0.25, 0.3) is 5.32 Å². The zero-order valence-electron chi connectivity index (χ0n) is 10.3. The number of hydrogen-bond acceptors (Lipinski definition) is 3. The maximum Gasteiger partial charge on any atom is 0.420 e. The normalized spacial score (nSPS) is 18.7. The molecule has 0 bridgehead atoms. The van der Waals surface area contributed by atoms with E-state index in [0.717, 1.165) is 19.4 Å². The SMILES string of the molecule is FC(F)(F)c1cnc(N[C@H]2CCC[N-]C2)nc1Cl.[U].[U]. The fraction of sp³-hybridized carbons (Fsp3) is 0.600. The third-order valence-electron chi connectivity index (χ3n) is 2.60. The molecule has 0 amide bonds. The molecule has 2 rings (SSSR count). The van der Waals surface area contributed by atoms with Crippen LogP contribution in [0.2, 0.25) is 5.15 Å². The van der Waals surface area contributed by atoms with E-state index in [1.807, 2.05) is 0 Å². The molecule has 0 aromatic carbocycles. The van der Waals surface area contributed by atoms with Crippen LogP contribution in [0.4, 0.5) is 19.1 Å². The van der Waals surface area contributed by atoms with Gasteiger partial charge in [-0.15, -0.1) is 13.1 Å². The van der Waals surface area contributed by atoms with E-state index in [2.05, 4.69) is 20.6 Å².